The Bertz CT molecular complexity index is 818. The van der Waals surface area contributed by atoms with Crippen LogP contribution in [0, 0.1) is 11.3 Å². The summed E-state index contributed by atoms with van der Waals surface area (Å²) in [5, 5.41) is 33.0. The number of carboxylic acid groups (broad SMARTS) is 1. The summed E-state index contributed by atoms with van der Waals surface area (Å²) in [6.07, 6.45) is -2.43. The Kier molecular flexibility index (Phi) is 7.06. The van der Waals surface area contributed by atoms with Crippen molar-refractivity contribution in [1.29, 1.82) is 0 Å². The molecule has 1 saturated heterocycles. The molecule has 8 heteroatoms. The number of carbonyl (C=O) groups is 2. The minimum atomic E-state index is -1.60. The smallest absolute Gasteiger partial charge is 0.408 e. The minimum Gasteiger partial charge on any atom is -0.465 e. The van der Waals surface area contributed by atoms with Gasteiger partial charge in [-0.05, 0) is 44.4 Å². The van der Waals surface area contributed by atoms with Crippen LogP contribution >= 0.6 is 11.6 Å². The fourth-order valence-corrected chi connectivity index (χ4v) is 4.74. The minimum absolute atomic E-state index is 0.109. The lowest BCUT2D eigenvalue weighted by molar-refractivity contribution is -0.201. The molecule has 1 aromatic carbocycles. The van der Waals surface area contributed by atoms with Crippen LogP contribution in [0.4, 0.5) is 4.79 Å². The summed E-state index contributed by atoms with van der Waals surface area (Å²) in [6, 6.07) is 5.74. The maximum Gasteiger partial charge on any atom is 0.408 e. The third kappa shape index (κ3) is 4.69. The lowest BCUT2D eigenvalue weighted by atomic mass is 9.65. The molecule has 0 aliphatic carbocycles. The summed E-state index contributed by atoms with van der Waals surface area (Å²) in [4.78, 5) is 28.3. The molecule has 1 heterocycles. The van der Waals surface area contributed by atoms with E-state index in [1.807, 2.05) is 0 Å². The molecule has 2 rings (SSSR count). The predicted molar refractivity (Wildman–Crippen MR) is 120 cm³/mol. The lowest BCUT2D eigenvalue weighted by Gasteiger charge is -2.54. The maximum atomic E-state index is 13.6. The number of hydrogen-bond donors (Lipinski definition) is 3. The van der Waals surface area contributed by atoms with Crippen LogP contribution in [0.5, 0.6) is 0 Å². The first-order chi connectivity index (χ1) is 14.0. The maximum absolute atomic E-state index is 13.6. The van der Waals surface area contributed by atoms with E-state index in [1.54, 1.807) is 72.7 Å². The van der Waals surface area contributed by atoms with Gasteiger partial charge in [0.05, 0.1) is 0 Å². The predicted octanol–water partition coefficient (Wildman–Crippen LogP) is 3.56. The van der Waals surface area contributed by atoms with E-state index in [9.17, 15) is 24.9 Å². The average molecular weight is 455 g/mol. The summed E-state index contributed by atoms with van der Waals surface area (Å²) < 4.78 is 0. The molecule has 1 aromatic rings. The second-order valence-corrected chi connectivity index (χ2v) is 10.8. The number of amides is 2. The summed E-state index contributed by atoms with van der Waals surface area (Å²) in [5.41, 5.74) is -2.78. The van der Waals surface area contributed by atoms with Crippen molar-refractivity contribution in [3.8, 4) is 0 Å². The van der Waals surface area contributed by atoms with Gasteiger partial charge in [0.25, 0.3) is 0 Å². The zero-order valence-electron chi connectivity index (χ0n) is 19.4. The number of halogens is 1. The van der Waals surface area contributed by atoms with Gasteiger partial charge >= 0.3 is 6.09 Å². The van der Waals surface area contributed by atoms with Crippen LogP contribution < -0.4 is 0 Å². The highest BCUT2D eigenvalue weighted by Gasteiger charge is 2.56. The normalized spacial score (nSPS) is 24.7. The van der Waals surface area contributed by atoms with E-state index in [0.717, 1.165) is 0 Å². The van der Waals surface area contributed by atoms with Crippen LogP contribution in [0.25, 0.3) is 0 Å². The molecule has 31 heavy (non-hydrogen) atoms. The molecular weight excluding hydrogens is 420 g/mol. The Hall–Kier alpha value is -1.83. The van der Waals surface area contributed by atoms with E-state index in [-0.39, 0.29) is 24.9 Å². The van der Waals surface area contributed by atoms with Crippen molar-refractivity contribution in [1.82, 2.24) is 9.80 Å². The Morgan fingerprint density at radius 2 is 1.71 bits per heavy atom. The van der Waals surface area contributed by atoms with Gasteiger partial charge in [-0.3, -0.25) is 9.69 Å². The number of nitrogens with zero attached hydrogens (tertiary/aromatic N) is 2. The molecule has 3 atom stereocenters. The molecule has 174 valence electrons. The summed E-state index contributed by atoms with van der Waals surface area (Å²) in [5.74, 6) is -0.655. The fraction of sp³-hybridized carbons (Fsp3) is 0.652. The van der Waals surface area contributed by atoms with Crippen molar-refractivity contribution in [2.45, 2.75) is 71.8 Å². The number of aliphatic hydroxyl groups excluding tert-OH is 1. The molecule has 1 aliphatic rings. The van der Waals surface area contributed by atoms with E-state index in [4.69, 9.17) is 11.6 Å². The summed E-state index contributed by atoms with van der Waals surface area (Å²) >= 11 is 5.97. The highest BCUT2D eigenvalue weighted by molar-refractivity contribution is 6.30. The van der Waals surface area contributed by atoms with Crippen LogP contribution in [0.1, 0.15) is 54.0 Å². The van der Waals surface area contributed by atoms with E-state index >= 15 is 0 Å². The van der Waals surface area contributed by atoms with Crippen LogP contribution in [0.3, 0.4) is 0 Å². The summed E-state index contributed by atoms with van der Waals surface area (Å²) in [6.45, 7) is 12.5. The zero-order chi connectivity index (χ0) is 23.9. The SMILES string of the molecule is CC(C)[C@H](C(=O)N1C[C@H](O)[C@@](O)(c2ccc(Cl)cc2)C(C)(C)C1)N(C(=O)O)C(C)(C)C. The molecule has 0 spiro atoms. The first-order valence-corrected chi connectivity index (χ1v) is 10.9. The largest absolute Gasteiger partial charge is 0.465 e. The number of β-amino-alcohol motifs (C(OH)–C–C–N with tert-alkyl or cyclic N) is 1. The first kappa shape index (κ1) is 25.4. The molecule has 0 aromatic heterocycles. The number of piperidine rings is 1. The van der Waals surface area contributed by atoms with Gasteiger partial charge in [-0.25, -0.2) is 4.79 Å². The monoisotopic (exact) mass is 454 g/mol. The Labute approximate surface area is 189 Å². The van der Waals surface area contributed by atoms with E-state index in [0.29, 0.717) is 10.6 Å². The Morgan fingerprint density at radius 1 is 1.19 bits per heavy atom. The van der Waals surface area contributed by atoms with Crippen molar-refractivity contribution in [2.24, 2.45) is 11.3 Å². The number of benzene rings is 1. The molecule has 3 N–H and O–H groups in total. The second-order valence-electron chi connectivity index (χ2n) is 10.4. The zero-order valence-corrected chi connectivity index (χ0v) is 20.1. The molecule has 0 saturated carbocycles. The van der Waals surface area contributed by atoms with Crippen LogP contribution in [-0.4, -0.2) is 67.9 Å². The molecule has 0 unspecified atom stereocenters. The fourth-order valence-electron chi connectivity index (χ4n) is 4.61. The van der Waals surface area contributed by atoms with Crippen LogP contribution in [0.15, 0.2) is 24.3 Å². The van der Waals surface area contributed by atoms with Gasteiger partial charge in [0.1, 0.15) is 17.7 Å². The molecular formula is C23H35ClN2O5. The lowest BCUT2D eigenvalue weighted by Crippen LogP contribution is -2.67. The number of rotatable bonds is 4. The van der Waals surface area contributed by atoms with E-state index < -0.39 is 34.8 Å². The Balaban J connectivity index is 2.42. The van der Waals surface area contributed by atoms with Gasteiger partial charge in [0.2, 0.25) is 5.91 Å². The second kappa shape index (κ2) is 8.60. The third-order valence-electron chi connectivity index (χ3n) is 6.18. The van der Waals surface area contributed by atoms with Gasteiger partial charge in [0.15, 0.2) is 0 Å². The number of hydrogen-bond acceptors (Lipinski definition) is 4. The number of likely N-dealkylation sites (tertiary alicyclic amines) is 1. The molecule has 7 nitrogen and oxygen atoms in total. The molecule has 0 bridgehead atoms. The standard InChI is InChI=1S/C23H35ClN2O5/c1-14(2)18(26(20(29)30)21(3,4)5)19(28)25-12-17(27)23(31,22(6,7)13-25)15-8-10-16(24)11-9-15/h8-11,14,17-18,27,31H,12-13H2,1-7H3,(H,29,30)/t17-,18+,23-/m0/s1. The van der Waals surface area contributed by atoms with Gasteiger partial charge in [-0.15, -0.1) is 0 Å². The quantitative estimate of drug-likeness (QED) is 0.645. The van der Waals surface area contributed by atoms with E-state index in [1.165, 1.54) is 9.80 Å². The van der Waals surface area contributed by atoms with Crippen molar-refractivity contribution in [3.63, 3.8) is 0 Å². The molecule has 1 fully saturated rings. The van der Waals surface area contributed by atoms with Crippen molar-refractivity contribution < 1.29 is 24.9 Å². The highest BCUT2D eigenvalue weighted by atomic mass is 35.5. The van der Waals surface area contributed by atoms with Gasteiger partial charge < -0.3 is 20.2 Å². The average Bonchev–Trinajstić information content (AvgIpc) is 2.61. The number of aliphatic hydroxyl groups is 2. The number of carbonyl (C=O) groups excluding carboxylic acids is 1. The van der Waals surface area contributed by atoms with Crippen molar-refractivity contribution in [2.75, 3.05) is 13.1 Å². The first-order valence-electron chi connectivity index (χ1n) is 10.5. The topological polar surface area (TPSA) is 101 Å². The third-order valence-corrected chi connectivity index (χ3v) is 6.43. The van der Waals surface area contributed by atoms with Crippen molar-refractivity contribution in [3.05, 3.63) is 34.9 Å². The molecule has 2 amide bonds. The Morgan fingerprint density at radius 3 is 2.10 bits per heavy atom. The van der Waals surface area contributed by atoms with Crippen molar-refractivity contribution >= 4 is 23.6 Å². The van der Waals surface area contributed by atoms with Crippen LogP contribution in [0.2, 0.25) is 5.02 Å². The van der Waals surface area contributed by atoms with Gasteiger partial charge in [0, 0.05) is 29.1 Å². The van der Waals surface area contributed by atoms with E-state index in [2.05, 4.69) is 0 Å². The van der Waals surface area contributed by atoms with Crippen LogP contribution in [-0.2, 0) is 10.4 Å². The highest BCUT2D eigenvalue weighted by Crippen LogP contribution is 2.46. The van der Waals surface area contributed by atoms with Gasteiger partial charge in [-0.1, -0.05) is 51.4 Å². The van der Waals surface area contributed by atoms with Gasteiger partial charge in [-0.2, -0.15) is 0 Å². The summed E-state index contributed by atoms with van der Waals surface area (Å²) in [7, 11) is 0. The molecule has 1 aliphatic heterocycles. The molecule has 0 radical (unpaired) electrons.